The fourth-order valence-corrected chi connectivity index (χ4v) is 1.99. The van der Waals surface area contributed by atoms with E-state index in [1.165, 1.54) is 6.07 Å². The molecule has 0 amide bonds. The van der Waals surface area contributed by atoms with Gasteiger partial charge in [0.05, 0.1) is 11.5 Å². The van der Waals surface area contributed by atoms with E-state index < -0.39 is 29.5 Å². The predicted octanol–water partition coefficient (Wildman–Crippen LogP) is -0.246. The van der Waals surface area contributed by atoms with E-state index >= 15 is 0 Å². The van der Waals surface area contributed by atoms with E-state index in [-0.39, 0.29) is 12.3 Å². The molecule has 1 heterocycles. The standard InChI is InChI=1S/C12H16N2O6/c1-6-2-3-7(4-8(6)14(18)19)13-12-11(17)10(16)9(15)5-20-12/h2-4,9-13,15-17H,5H2,1H3/t9-,10?,11?,12-/m1/s1. The third kappa shape index (κ3) is 2.88. The molecule has 110 valence electrons. The summed E-state index contributed by atoms with van der Waals surface area (Å²) in [6.07, 6.45) is -4.77. The number of hydrogen-bond donors (Lipinski definition) is 4. The smallest absolute Gasteiger partial charge is 0.274 e. The number of nitro benzene ring substituents is 1. The van der Waals surface area contributed by atoms with Crippen LogP contribution in [0.15, 0.2) is 18.2 Å². The molecule has 4 atom stereocenters. The van der Waals surface area contributed by atoms with Crippen molar-refractivity contribution in [2.45, 2.75) is 31.5 Å². The highest BCUT2D eigenvalue weighted by molar-refractivity contribution is 5.55. The lowest BCUT2D eigenvalue weighted by Crippen LogP contribution is -2.55. The lowest BCUT2D eigenvalue weighted by molar-refractivity contribution is -0.385. The van der Waals surface area contributed by atoms with Gasteiger partial charge < -0.3 is 25.4 Å². The van der Waals surface area contributed by atoms with Gasteiger partial charge in [0.15, 0.2) is 6.23 Å². The zero-order valence-electron chi connectivity index (χ0n) is 10.8. The van der Waals surface area contributed by atoms with Gasteiger partial charge in [-0.1, -0.05) is 6.07 Å². The summed E-state index contributed by atoms with van der Waals surface area (Å²) in [5.41, 5.74) is 0.844. The molecule has 0 saturated carbocycles. The van der Waals surface area contributed by atoms with Gasteiger partial charge in [0, 0.05) is 17.3 Å². The van der Waals surface area contributed by atoms with Gasteiger partial charge in [0.1, 0.15) is 18.3 Å². The summed E-state index contributed by atoms with van der Waals surface area (Å²) in [4.78, 5) is 10.3. The summed E-state index contributed by atoms with van der Waals surface area (Å²) in [7, 11) is 0. The molecule has 0 spiro atoms. The summed E-state index contributed by atoms with van der Waals surface area (Å²) >= 11 is 0. The molecule has 0 aliphatic carbocycles. The third-order valence-electron chi connectivity index (χ3n) is 3.22. The van der Waals surface area contributed by atoms with Crippen LogP contribution in [0.4, 0.5) is 11.4 Å². The van der Waals surface area contributed by atoms with Gasteiger partial charge in [0.2, 0.25) is 0 Å². The van der Waals surface area contributed by atoms with Crippen molar-refractivity contribution in [1.82, 2.24) is 0 Å². The maximum atomic E-state index is 10.8. The number of rotatable bonds is 3. The fraction of sp³-hybridized carbons (Fsp3) is 0.500. The van der Waals surface area contributed by atoms with Gasteiger partial charge in [0.25, 0.3) is 5.69 Å². The van der Waals surface area contributed by atoms with Gasteiger partial charge in [-0.2, -0.15) is 0 Å². The molecule has 8 nitrogen and oxygen atoms in total. The molecule has 1 aromatic carbocycles. The number of aliphatic hydroxyl groups excluding tert-OH is 3. The van der Waals surface area contributed by atoms with Crippen molar-refractivity contribution in [3.05, 3.63) is 33.9 Å². The molecule has 2 rings (SSSR count). The minimum Gasteiger partial charge on any atom is -0.388 e. The molecule has 8 heteroatoms. The number of ether oxygens (including phenoxy) is 1. The Morgan fingerprint density at radius 3 is 2.70 bits per heavy atom. The molecule has 20 heavy (non-hydrogen) atoms. The van der Waals surface area contributed by atoms with Crippen molar-refractivity contribution in [1.29, 1.82) is 0 Å². The second-order valence-corrected chi connectivity index (χ2v) is 4.71. The zero-order chi connectivity index (χ0) is 14.9. The first-order valence-corrected chi connectivity index (χ1v) is 6.07. The summed E-state index contributed by atoms with van der Waals surface area (Å²) < 4.78 is 5.17. The zero-order valence-corrected chi connectivity index (χ0v) is 10.8. The maximum Gasteiger partial charge on any atom is 0.274 e. The van der Waals surface area contributed by atoms with Crippen LogP contribution in [0.3, 0.4) is 0 Å². The molecule has 2 unspecified atom stereocenters. The normalized spacial score (nSPS) is 30.0. The lowest BCUT2D eigenvalue weighted by Gasteiger charge is -2.35. The largest absolute Gasteiger partial charge is 0.388 e. The van der Waals surface area contributed by atoms with E-state index in [4.69, 9.17) is 4.74 Å². The highest BCUT2D eigenvalue weighted by Crippen LogP contribution is 2.24. The first-order valence-electron chi connectivity index (χ1n) is 6.07. The van der Waals surface area contributed by atoms with Crippen LogP contribution in [0.5, 0.6) is 0 Å². The molecule has 0 bridgehead atoms. The second-order valence-electron chi connectivity index (χ2n) is 4.71. The number of nitro groups is 1. The number of benzene rings is 1. The second kappa shape index (κ2) is 5.71. The molecule has 1 aliphatic heterocycles. The Morgan fingerprint density at radius 1 is 1.35 bits per heavy atom. The Balaban J connectivity index is 2.14. The minimum atomic E-state index is -1.33. The minimum absolute atomic E-state index is 0.0547. The number of hydrogen-bond acceptors (Lipinski definition) is 7. The van der Waals surface area contributed by atoms with Crippen LogP contribution in [0.2, 0.25) is 0 Å². The van der Waals surface area contributed by atoms with Crippen LogP contribution in [0.1, 0.15) is 5.56 Å². The average Bonchev–Trinajstić information content (AvgIpc) is 2.41. The number of aryl methyl sites for hydroxylation is 1. The number of nitrogens with one attached hydrogen (secondary N) is 1. The molecule has 1 aliphatic rings. The molecule has 1 saturated heterocycles. The predicted molar refractivity (Wildman–Crippen MR) is 69.2 cm³/mol. The molecule has 4 N–H and O–H groups in total. The van der Waals surface area contributed by atoms with Gasteiger partial charge in [-0.3, -0.25) is 10.1 Å². The van der Waals surface area contributed by atoms with E-state index in [1.807, 2.05) is 0 Å². The van der Waals surface area contributed by atoms with Crippen LogP contribution in [0, 0.1) is 17.0 Å². The highest BCUT2D eigenvalue weighted by atomic mass is 16.6. The van der Waals surface area contributed by atoms with Gasteiger partial charge in [-0.05, 0) is 13.0 Å². The van der Waals surface area contributed by atoms with E-state index in [1.54, 1.807) is 19.1 Å². The first-order chi connectivity index (χ1) is 9.40. The molecule has 0 radical (unpaired) electrons. The topological polar surface area (TPSA) is 125 Å². The van der Waals surface area contributed by atoms with Crippen LogP contribution >= 0.6 is 0 Å². The number of aliphatic hydroxyl groups is 3. The summed E-state index contributed by atoms with van der Waals surface area (Å²) in [5, 5.41) is 42.3. The van der Waals surface area contributed by atoms with Crippen LogP contribution in [-0.2, 0) is 4.74 Å². The van der Waals surface area contributed by atoms with E-state index in [0.29, 0.717) is 11.3 Å². The SMILES string of the molecule is Cc1ccc(N[C@@H]2OC[C@@H](O)C(O)C2O)cc1[N+](=O)[O-]. The lowest BCUT2D eigenvalue weighted by atomic mass is 10.0. The molecular formula is C12H16N2O6. The fourth-order valence-electron chi connectivity index (χ4n) is 1.99. The van der Waals surface area contributed by atoms with Crippen molar-refractivity contribution >= 4 is 11.4 Å². The molecule has 1 fully saturated rings. The average molecular weight is 284 g/mol. The van der Waals surface area contributed by atoms with Crippen molar-refractivity contribution < 1.29 is 25.0 Å². The van der Waals surface area contributed by atoms with Crippen molar-refractivity contribution in [3.8, 4) is 0 Å². The van der Waals surface area contributed by atoms with Gasteiger partial charge >= 0.3 is 0 Å². The van der Waals surface area contributed by atoms with Gasteiger partial charge in [-0.25, -0.2) is 0 Å². The monoisotopic (exact) mass is 284 g/mol. The maximum absolute atomic E-state index is 10.8. The van der Waals surface area contributed by atoms with Gasteiger partial charge in [-0.15, -0.1) is 0 Å². The summed E-state index contributed by atoms with van der Waals surface area (Å²) in [5.74, 6) is 0. The van der Waals surface area contributed by atoms with Crippen molar-refractivity contribution in [3.63, 3.8) is 0 Å². The van der Waals surface area contributed by atoms with Crippen molar-refractivity contribution in [2.75, 3.05) is 11.9 Å². The first kappa shape index (κ1) is 14.7. The summed E-state index contributed by atoms with van der Waals surface area (Å²) in [6, 6.07) is 4.50. The van der Waals surface area contributed by atoms with E-state index in [9.17, 15) is 25.4 Å². The molecular weight excluding hydrogens is 268 g/mol. The highest BCUT2D eigenvalue weighted by Gasteiger charge is 2.37. The third-order valence-corrected chi connectivity index (χ3v) is 3.22. The number of anilines is 1. The van der Waals surface area contributed by atoms with Crippen LogP contribution in [0.25, 0.3) is 0 Å². The Hall–Kier alpha value is -1.74. The summed E-state index contributed by atoms with van der Waals surface area (Å²) in [6.45, 7) is 1.48. The van der Waals surface area contributed by atoms with Crippen molar-refractivity contribution in [2.24, 2.45) is 0 Å². The van der Waals surface area contributed by atoms with E-state index in [2.05, 4.69) is 5.32 Å². The van der Waals surface area contributed by atoms with Crippen LogP contribution in [-0.4, -0.2) is 51.4 Å². The Labute approximate surface area is 114 Å². The molecule has 0 aromatic heterocycles. The Kier molecular flexibility index (Phi) is 4.19. The van der Waals surface area contributed by atoms with E-state index in [0.717, 1.165) is 0 Å². The molecule has 1 aromatic rings. The van der Waals surface area contributed by atoms with Crippen LogP contribution < -0.4 is 5.32 Å². The number of nitrogens with zero attached hydrogens (tertiary/aromatic N) is 1. The Morgan fingerprint density at radius 2 is 2.05 bits per heavy atom. The quantitative estimate of drug-likeness (QED) is 0.445. The Bertz CT molecular complexity index is 509.